The van der Waals surface area contributed by atoms with Crippen LogP contribution in [0.5, 0.6) is 5.75 Å². The van der Waals surface area contributed by atoms with Crippen LogP contribution in [0.1, 0.15) is 27.2 Å². The van der Waals surface area contributed by atoms with Crippen LogP contribution >= 0.6 is 0 Å². The quantitative estimate of drug-likeness (QED) is 0.596. The van der Waals surface area contributed by atoms with Gasteiger partial charge in [-0.2, -0.15) is 0 Å². The number of aliphatic hydroxyl groups is 1. The summed E-state index contributed by atoms with van der Waals surface area (Å²) >= 11 is 0. The molecule has 3 unspecified atom stereocenters. The van der Waals surface area contributed by atoms with Crippen molar-refractivity contribution in [3.8, 4) is 5.75 Å². The molecule has 9 heteroatoms. The molecule has 1 aromatic carbocycles. The van der Waals surface area contributed by atoms with Gasteiger partial charge in [0.05, 0.1) is 37.2 Å². The van der Waals surface area contributed by atoms with Crippen LogP contribution in [0.3, 0.4) is 0 Å². The fraction of sp³-hybridized carbons (Fsp3) is 0.609. The highest BCUT2D eigenvalue weighted by Gasteiger charge is 2.80. The molecule has 4 rings (SSSR count). The lowest BCUT2D eigenvalue weighted by molar-refractivity contribution is -0.148. The molecule has 9 nitrogen and oxygen atoms in total. The Morgan fingerprint density at radius 3 is 2.53 bits per heavy atom. The van der Waals surface area contributed by atoms with Crippen molar-refractivity contribution >= 4 is 23.4 Å². The summed E-state index contributed by atoms with van der Waals surface area (Å²) in [6, 6.07) is 5.31. The van der Waals surface area contributed by atoms with Gasteiger partial charge in [0.25, 0.3) is 0 Å². The summed E-state index contributed by atoms with van der Waals surface area (Å²) < 4.78 is 11.7. The summed E-state index contributed by atoms with van der Waals surface area (Å²) in [5.41, 5.74) is -1.44. The topological polar surface area (TPSA) is 117 Å². The third-order valence-corrected chi connectivity index (χ3v) is 7.63. The first-order valence-electron chi connectivity index (χ1n) is 10.9. The third kappa shape index (κ3) is 2.94. The van der Waals surface area contributed by atoms with Gasteiger partial charge in [-0.3, -0.25) is 14.4 Å². The monoisotopic (exact) mass is 445 g/mol. The summed E-state index contributed by atoms with van der Waals surface area (Å²) in [6.07, 6.45) is 0.475. The Bertz CT molecular complexity index is 936. The molecule has 3 fully saturated rings. The zero-order valence-electron chi connectivity index (χ0n) is 19.0. The predicted molar refractivity (Wildman–Crippen MR) is 116 cm³/mol. The molecule has 0 aliphatic carbocycles. The van der Waals surface area contributed by atoms with E-state index in [9.17, 15) is 19.5 Å². The van der Waals surface area contributed by atoms with E-state index in [-0.39, 0.29) is 24.3 Å². The average molecular weight is 446 g/mol. The van der Waals surface area contributed by atoms with Crippen LogP contribution in [0.25, 0.3) is 0 Å². The number of nitrogens with one attached hydrogen (secondary N) is 2. The number of methoxy groups -OCH3 is 1. The van der Waals surface area contributed by atoms with Gasteiger partial charge >= 0.3 is 0 Å². The average Bonchev–Trinajstić information content (AvgIpc) is 3.30. The molecule has 0 saturated carbocycles. The van der Waals surface area contributed by atoms with Crippen molar-refractivity contribution < 1.29 is 29.0 Å². The van der Waals surface area contributed by atoms with Gasteiger partial charge < -0.3 is 30.1 Å². The van der Waals surface area contributed by atoms with E-state index in [4.69, 9.17) is 9.47 Å². The maximum absolute atomic E-state index is 13.7. The number of hydrogen-bond donors (Lipinski definition) is 3. The zero-order valence-corrected chi connectivity index (χ0v) is 19.0. The van der Waals surface area contributed by atoms with Crippen molar-refractivity contribution in [2.24, 2.45) is 17.8 Å². The van der Waals surface area contributed by atoms with Gasteiger partial charge in [-0.05, 0) is 50.5 Å². The highest BCUT2D eigenvalue weighted by Crippen LogP contribution is 2.65. The molecule has 3 aliphatic rings. The van der Waals surface area contributed by atoms with Gasteiger partial charge in [0.2, 0.25) is 17.7 Å². The van der Waals surface area contributed by atoms with Gasteiger partial charge in [-0.15, -0.1) is 0 Å². The van der Waals surface area contributed by atoms with Crippen LogP contribution in [0.2, 0.25) is 0 Å². The standard InChI is InChI=1S/C23H31N3O6/c1-12-10-23-17(16(19(28)24-4)22(12,3)32-23)21(30)26(13(2)11-27)18(23)20(29)25-14-6-8-15(31-5)9-7-14/h6-9,12-13,16-18,27H,10-11H2,1-5H3,(H,24,28)(H,25,29)/t12?,13-,16-,17+,18?,22+,23?/m1/s1. The number of aliphatic hydroxyl groups excluding tert-OH is 1. The van der Waals surface area contributed by atoms with Crippen molar-refractivity contribution in [3.05, 3.63) is 24.3 Å². The van der Waals surface area contributed by atoms with E-state index >= 15 is 0 Å². The van der Waals surface area contributed by atoms with E-state index in [0.717, 1.165) is 0 Å². The van der Waals surface area contributed by atoms with Crippen LogP contribution in [0.4, 0.5) is 5.69 Å². The molecule has 0 aromatic heterocycles. The number of ether oxygens (including phenoxy) is 2. The number of hydrogen-bond acceptors (Lipinski definition) is 6. The summed E-state index contributed by atoms with van der Waals surface area (Å²) in [5.74, 6) is -1.88. The molecule has 1 aromatic rings. The molecule has 3 heterocycles. The maximum Gasteiger partial charge on any atom is 0.250 e. The lowest BCUT2D eigenvalue weighted by atomic mass is 9.62. The first kappa shape index (κ1) is 22.5. The van der Waals surface area contributed by atoms with Gasteiger partial charge in [0.15, 0.2) is 0 Å². The van der Waals surface area contributed by atoms with Crippen molar-refractivity contribution in [1.82, 2.24) is 10.2 Å². The van der Waals surface area contributed by atoms with Gasteiger partial charge in [-0.25, -0.2) is 0 Å². The highest BCUT2D eigenvalue weighted by molar-refractivity contribution is 6.04. The molecule has 1 spiro atoms. The van der Waals surface area contributed by atoms with Gasteiger partial charge in [-0.1, -0.05) is 6.92 Å². The molecule has 3 aliphatic heterocycles. The van der Waals surface area contributed by atoms with Crippen molar-refractivity contribution in [2.75, 3.05) is 26.1 Å². The second-order valence-corrected chi connectivity index (χ2v) is 9.31. The normalized spacial score (nSPS) is 36.1. The smallest absolute Gasteiger partial charge is 0.250 e. The Hall–Kier alpha value is -2.65. The second kappa shape index (κ2) is 7.74. The highest BCUT2D eigenvalue weighted by atomic mass is 16.5. The van der Waals surface area contributed by atoms with Crippen LogP contribution in [0, 0.1) is 17.8 Å². The Morgan fingerprint density at radius 2 is 1.97 bits per heavy atom. The molecule has 0 radical (unpaired) electrons. The summed E-state index contributed by atoms with van der Waals surface area (Å²) in [7, 11) is 3.10. The maximum atomic E-state index is 13.7. The number of carbonyl (C=O) groups excluding carboxylic acids is 3. The minimum Gasteiger partial charge on any atom is -0.497 e. The predicted octanol–water partition coefficient (Wildman–Crippen LogP) is 0.771. The molecule has 7 atom stereocenters. The Morgan fingerprint density at radius 1 is 1.31 bits per heavy atom. The van der Waals surface area contributed by atoms with E-state index in [1.165, 1.54) is 11.9 Å². The van der Waals surface area contributed by atoms with E-state index in [2.05, 4.69) is 10.6 Å². The van der Waals surface area contributed by atoms with Crippen LogP contribution in [0.15, 0.2) is 24.3 Å². The van der Waals surface area contributed by atoms with Crippen LogP contribution in [-0.2, 0) is 19.1 Å². The first-order chi connectivity index (χ1) is 15.1. The number of fused-ring (bicyclic) bond motifs is 1. The minimum absolute atomic E-state index is 0.0329. The summed E-state index contributed by atoms with van der Waals surface area (Å²) in [4.78, 5) is 41.6. The fourth-order valence-electron chi connectivity index (χ4n) is 5.98. The fourth-order valence-corrected chi connectivity index (χ4v) is 5.98. The number of nitrogens with zero attached hydrogens (tertiary/aromatic N) is 1. The molecule has 3 saturated heterocycles. The number of amides is 3. The molecule has 3 amide bonds. The van der Waals surface area contributed by atoms with E-state index in [0.29, 0.717) is 17.9 Å². The van der Waals surface area contributed by atoms with Crippen LogP contribution < -0.4 is 15.4 Å². The van der Waals surface area contributed by atoms with E-state index < -0.39 is 41.0 Å². The molecule has 2 bridgehead atoms. The molecule has 3 N–H and O–H groups in total. The van der Waals surface area contributed by atoms with Crippen molar-refractivity contribution in [1.29, 1.82) is 0 Å². The molecule has 32 heavy (non-hydrogen) atoms. The minimum atomic E-state index is -1.14. The number of rotatable bonds is 6. The lowest BCUT2D eigenvalue weighted by Crippen LogP contribution is -2.56. The van der Waals surface area contributed by atoms with E-state index in [1.54, 1.807) is 38.3 Å². The Labute approximate surface area is 187 Å². The Balaban J connectivity index is 1.76. The van der Waals surface area contributed by atoms with Gasteiger partial charge in [0.1, 0.15) is 17.4 Å². The molecular weight excluding hydrogens is 414 g/mol. The summed E-state index contributed by atoms with van der Waals surface area (Å²) in [6.45, 7) is 5.23. The number of benzene rings is 1. The Kier molecular flexibility index (Phi) is 5.45. The van der Waals surface area contributed by atoms with Crippen molar-refractivity contribution in [3.63, 3.8) is 0 Å². The van der Waals surface area contributed by atoms with Crippen molar-refractivity contribution in [2.45, 2.75) is 50.5 Å². The molecule has 174 valence electrons. The second-order valence-electron chi connectivity index (χ2n) is 9.31. The van der Waals surface area contributed by atoms with Crippen LogP contribution in [-0.4, -0.2) is 71.8 Å². The zero-order chi connectivity index (χ0) is 23.4. The largest absolute Gasteiger partial charge is 0.497 e. The van der Waals surface area contributed by atoms with Gasteiger partial charge in [0, 0.05) is 12.7 Å². The summed E-state index contributed by atoms with van der Waals surface area (Å²) in [5, 5.41) is 15.4. The number of anilines is 1. The SMILES string of the molecule is CNC(=O)[C@H]1[C@H]2C(=O)N([C@H](C)CO)C(C(=O)Nc3ccc(OC)cc3)C23CC(C)[C@]1(C)O3. The number of carbonyl (C=O) groups is 3. The first-order valence-corrected chi connectivity index (χ1v) is 10.9. The number of likely N-dealkylation sites (tertiary alicyclic amines) is 1. The lowest BCUT2D eigenvalue weighted by Gasteiger charge is -2.36. The van der Waals surface area contributed by atoms with E-state index in [1.807, 2.05) is 13.8 Å². The third-order valence-electron chi connectivity index (χ3n) is 7.63. The molecular formula is C23H31N3O6.